The highest BCUT2D eigenvalue weighted by molar-refractivity contribution is 6.04. The molecule has 1 aliphatic heterocycles. The highest BCUT2D eigenvalue weighted by atomic mass is 16.4. The molecule has 0 bridgehead atoms. The van der Waals surface area contributed by atoms with Crippen LogP contribution in [0.2, 0.25) is 0 Å². The maximum Gasteiger partial charge on any atom is 0.337 e. The lowest BCUT2D eigenvalue weighted by Gasteiger charge is -2.24. The molecule has 4 heteroatoms. The second-order valence-electron chi connectivity index (χ2n) is 5.57. The highest BCUT2D eigenvalue weighted by Gasteiger charge is 2.24. The molecule has 0 radical (unpaired) electrons. The van der Waals surface area contributed by atoms with Crippen LogP contribution in [-0.2, 0) is 19.5 Å². The van der Waals surface area contributed by atoms with Gasteiger partial charge < -0.3 is 14.6 Å². The molecule has 0 atom stereocenters. The molecular formula is C16H20N2O2. The van der Waals surface area contributed by atoms with Crippen molar-refractivity contribution in [2.45, 2.75) is 32.9 Å². The van der Waals surface area contributed by atoms with Gasteiger partial charge in [0.15, 0.2) is 0 Å². The van der Waals surface area contributed by atoms with Crippen LogP contribution in [0.25, 0.3) is 10.9 Å². The Hall–Kier alpha value is -1.81. The lowest BCUT2D eigenvalue weighted by atomic mass is 10.0. The molecule has 20 heavy (non-hydrogen) atoms. The molecule has 4 nitrogen and oxygen atoms in total. The number of aryl methyl sites for hydroxylation is 1. The second kappa shape index (κ2) is 4.94. The minimum absolute atomic E-state index is 0.424. The summed E-state index contributed by atoms with van der Waals surface area (Å²) in [6, 6.07) is 5.63. The molecule has 0 saturated heterocycles. The molecule has 1 aromatic heterocycles. The Bertz CT molecular complexity index is 673. The standard InChI is InChI=1S/C16H20N2O2/c1-3-8-18-14-7-9-17(2)10-13(14)11-5-4-6-12(15(11)18)16(19)20/h4-6H,3,7-10H2,1-2H3,(H,19,20). The Morgan fingerprint density at radius 2 is 2.20 bits per heavy atom. The van der Waals surface area contributed by atoms with Crippen molar-refractivity contribution in [3.05, 3.63) is 35.0 Å². The SMILES string of the molecule is CCCn1c2c(c3cccc(C(=O)O)c31)CN(C)CC2. The number of carbonyl (C=O) groups is 1. The summed E-state index contributed by atoms with van der Waals surface area (Å²) < 4.78 is 2.24. The normalized spacial score (nSPS) is 15.5. The predicted octanol–water partition coefficient (Wildman–Crippen LogP) is 2.74. The second-order valence-corrected chi connectivity index (χ2v) is 5.57. The molecule has 3 rings (SSSR count). The van der Waals surface area contributed by atoms with Crippen molar-refractivity contribution in [1.29, 1.82) is 0 Å². The first kappa shape index (κ1) is 13.2. The number of hydrogen-bond donors (Lipinski definition) is 1. The first-order valence-corrected chi connectivity index (χ1v) is 7.18. The van der Waals surface area contributed by atoms with Crippen LogP contribution in [0.15, 0.2) is 18.2 Å². The van der Waals surface area contributed by atoms with E-state index in [2.05, 4.69) is 29.5 Å². The summed E-state index contributed by atoms with van der Waals surface area (Å²) in [7, 11) is 2.12. The molecule has 0 aliphatic carbocycles. The van der Waals surface area contributed by atoms with Gasteiger partial charge in [-0.3, -0.25) is 0 Å². The van der Waals surface area contributed by atoms with Gasteiger partial charge in [-0.1, -0.05) is 19.1 Å². The number of carboxylic acid groups (broad SMARTS) is 1. The summed E-state index contributed by atoms with van der Waals surface area (Å²) in [4.78, 5) is 13.8. The largest absolute Gasteiger partial charge is 0.478 e. The van der Waals surface area contributed by atoms with Crippen LogP contribution in [0.3, 0.4) is 0 Å². The van der Waals surface area contributed by atoms with Gasteiger partial charge >= 0.3 is 5.97 Å². The van der Waals surface area contributed by atoms with E-state index in [0.29, 0.717) is 5.56 Å². The number of aromatic carboxylic acids is 1. The first-order valence-electron chi connectivity index (χ1n) is 7.18. The van der Waals surface area contributed by atoms with Gasteiger partial charge in [0, 0.05) is 37.1 Å². The maximum absolute atomic E-state index is 11.5. The Morgan fingerprint density at radius 1 is 1.40 bits per heavy atom. The summed E-state index contributed by atoms with van der Waals surface area (Å²) in [6.07, 6.45) is 2.01. The van der Waals surface area contributed by atoms with Crippen molar-refractivity contribution in [2.24, 2.45) is 0 Å². The quantitative estimate of drug-likeness (QED) is 0.934. The number of para-hydroxylation sites is 1. The van der Waals surface area contributed by atoms with E-state index in [1.165, 1.54) is 11.3 Å². The number of hydrogen-bond acceptors (Lipinski definition) is 2. The van der Waals surface area contributed by atoms with Crippen molar-refractivity contribution >= 4 is 16.9 Å². The summed E-state index contributed by atoms with van der Waals surface area (Å²) in [6.45, 7) is 4.97. The third-order valence-corrected chi connectivity index (χ3v) is 4.14. The lowest BCUT2D eigenvalue weighted by molar-refractivity contribution is 0.0698. The van der Waals surface area contributed by atoms with Gasteiger partial charge in [0.25, 0.3) is 0 Å². The molecule has 0 fully saturated rings. The number of rotatable bonds is 3. The van der Waals surface area contributed by atoms with E-state index in [-0.39, 0.29) is 0 Å². The van der Waals surface area contributed by atoms with Crippen molar-refractivity contribution in [3.8, 4) is 0 Å². The number of fused-ring (bicyclic) bond motifs is 3. The Morgan fingerprint density at radius 3 is 2.90 bits per heavy atom. The molecule has 0 amide bonds. The lowest BCUT2D eigenvalue weighted by Crippen LogP contribution is -2.27. The van der Waals surface area contributed by atoms with Crippen molar-refractivity contribution in [3.63, 3.8) is 0 Å². The van der Waals surface area contributed by atoms with Gasteiger partial charge in [0.1, 0.15) is 0 Å². The van der Waals surface area contributed by atoms with Crippen LogP contribution in [-0.4, -0.2) is 34.1 Å². The third-order valence-electron chi connectivity index (χ3n) is 4.14. The van der Waals surface area contributed by atoms with Gasteiger partial charge in [-0.05, 0) is 25.1 Å². The van der Waals surface area contributed by atoms with Gasteiger partial charge in [0.2, 0.25) is 0 Å². The summed E-state index contributed by atoms with van der Waals surface area (Å²) >= 11 is 0. The minimum atomic E-state index is -0.837. The van der Waals surface area contributed by atoms with Crippen molar-refractivity contribution in [2.75, 3.05) is 13.6 Å². The zero-order valence-corrected chi connectivity index (χ0v) is 12.0. The molecule has 2 aromatic rings. The van der Waals surface area contributed by atoms with E-state index in [9.17, 15) is 9.90 Å². The summed E-state index contributed by atoms with van der Waals surface area (Å²) in [5.41, 5.74) is 3.97. The van der Waals surface area contributed by atoms with Crippen LogP contribution in [0.1, 0.15) is 35.0 Å². The fraction of sp³-hybridized carbons (Fsp3) is 0.438. The number of likely N-dealkylation sites (N-methyl/N-ethyl adjacent to an activating group) is 1. The molecular weight excluding hydrogens is 252 g/mol. The number of benzene rings is 1. The Balaban J connectivity index is 2.34. The minimum Gasteiger partial charge on any atom is -0.478 e. The zero-order valence-electron chi connectivity index (χ0n) is 12.0. The van der Waals surface area contributed by atoms with E-state index in [1.54, 1.807) is 6.07 Å². The topological polar surface area (TPSA) is 45.5 Å². The maximum atomic E-state index is 11.5. The Kier molecular flexibility index (Phi) is 3.26. The summed E-state index contributed by atoms with van der Waals surface area (Å²) in [5, 5.41) is 10.6. The molecule has 2 heterocycles. The van der Waals surface area contributed by atoms with Gasteiger partial charge in [-0.2, -0.15) is 0 Å². The zero-order chi connectivity index (χ0) is 14.3. The molecule has 0 saturated carbocycles. The molecule has 1 N–H and O–H groups in total. The van der Waals surface area contributed by atoms with Gasteiger partial charge in [0.05, 0.1) is 11.1 Å². The predicted molar refractivity (Wildman–Crippen MR) is 79.2 cm³/mol. The number of nitrogens with zero attached hydrogens (tertiary/aromatic N) is 2. The first-order chi connectivity index (χ1) is 9.63. The monoisotopic (exact) mass is 272 g/mol. The van der Waals surface area contributed by atoms with Crippen LogP contribution in [0.5, 0.6) is 0 Å². The Labute approximate surface area is 118 Å². The molecule has 106 valence electrons. The fourth-order valence-corrected chi connectivity index (χ4v) is 3.28. The third kappa shape index (κ3) is 1.91. The van der Waals surface area contributed by atoms with Crippen LogP contribution >= 0.6 is 0 Å². The van der Waals surface area contributed by atoms with E-state index in [0.717, 1.165) is 43.4 Å². The fourth-order valence-electron chi connectivity index (χ4n) is 3.28. The smallest absolute Gasteiger partial charge is 0.337 e. The molecule has 0 spiro atoms. The number of aromatic nitrogens is 1. The van der Waals surface area contributed by atoms with Crippen molar-refractivity contribution in [1.82, 2.24) is 9.47 Å². The molecule has 1 aliphatic rings. The van der Waals surface area contributed by atoms with Crippen LogP contribution in [0, 0.1) is 0 Å². The number of carboxylic acids is 1. The average molecular weight is 272 g/mol. The van der Waals surface area contributed by atoms with E-state index in [4.69, 9.17) is 0 Å². The highest BCUT2D eigenvalue weighted by Crippen LogP contribution is 2.32. The van der Waals surface area contributed by atoms with Crippen molar-refractivity contribution < 1.29 is 9.90 Å². The molecule has 0 unspecified atom stereocenters. The average Bonchev–Trinajstić information content (AvgIpc) is 2.73. The summed E-state index contributed by atoms with van der Waals surface area (Å²) in [5.74, 6) is -0.837. The van der Waals surface area contributed by atoms with Crippen LogP contribution in [0.4, 0.5) is 0 Å². The van der Waals surface area contributed by atoms with E-state index >= 15 is 0 Å². The van der Waals surface area contributed by atoms with Gasteiger partial charge in [-0.25, -0.2) is 4.79 Å². The molecule has 1 aromatic carbocycles. The van der Waals surface area contributed by atoms with Crippen LogP contribution < -0.4 is 0 Å². The van der Waals surface area contributed by atoms with Gasteiger partial charge in [-0.15, -0.1) is 0 Å². The van der Waals surface area contributed by atoms with E-state index < -0.39 is 5.97 Å². The van der Waals surface area contributed by atoms with E-state index in [1.807, 2.05) is 6.07 Å².